The second-order valence-corrected chi connectivity index (χ2v) is 3.83. The van der Waals surface area contributed by atoms with Gasteiger partial charge in [-0.3, -0.25) is 0 Å². The highest BCUT2D eigenvalue weighted by molar-refractivity contribution is 5.88. The first-order chi connectivity index (χ1) is 8.08. The minimum Gasteiger partial charge on any atom is -0.478 e. The Hall–Kier alpha value is -2.23. The zero-order valence-corrected chi connectivity index (χ0v) is 9.64. The van der Waals surface area contributed by atoms with Crippen LogP contribution in [0.1, 0.15) is 21.7 Å². The van der Waals surface area contributed by atoms with E-state index in [-0.39, 0.29) is 5.56 Å². The van der Waals surface area contributed by atoms with Crippen molar-refractivity contribution in [2.24, 2.45) is 0 Å². The van der Waals surface area contributed by atoms with Crippen LogP contribution in [0.5, 0.6) is 0 Å². The van der Waals surface area contributed by atoms with Crippen molar-refractivity contribution in [3.63, 3.8) is 0 Å². The van der Waals surface area contributed by atoms with Crippen LogP contribution >= 0.6 is 0 Å². The molecule has 0 aliphatic rings. The number of hydrogen-bond acceptors (Lipinski definition) is 3. The summed E-state index contributed by atoms with van der Waals surface area (Å²) in [5.41, 5.74) is 2.99. The van der Waals surface area contributed by atoms with E-state index in [0.717, 1.165) is 16.8 Å². The van der Waals surface area contributed by atoms with E-state index >= 15 is 0 Å². The molecule has 4 heteroatoms. The van der Waals surface area contributed by atoms with Crippen molar-refractivity contribution in [2.45, 2.75) is 13.8 Å². The number of aromatic nitrogens is 2. The van der Waals surface area contributed by atoms with Crippen molar-refractivity contribution in [2.75, 3.05) is 0 Å². The summed E-state index contributed by atoms with van der Waals surface area (Å²) in [4.78, 5) is 19.2. The van der Waals surface area contributed by atoms with E-state index < -0.39 is 5.97 Å². The highest BCUT2D eigenvalue weighted by atomic mass is 16.4. The molecule has 1 aromatic carbocycles. The van der Waals surface area contributed by atoms with Crippen LogP contribution < -0.4 is 0 Å². The summed E-state index contributed by atoms with van der Waals surface area (Å²) in [7, 11) is 0. The number of nitrogens with zero attached hydrogens (tertiary/aromatic N) is 2. The molecule has 0 saturated carbocycles. The molecule has 0 radical (unpaired) electrons. The Labute approximate surface area is 99.0 Å². The number of aromatic carboxylic acids is 1. The quantitative estimate of drug-likeness (QED) is 0.857. The molecule has 17 heavy (non-hydrogen) atoms. The second kappa shape index (κ2) is 4.33. The minimum atomic E-state index is -0.924. The van der Waals surface area contributed by atoms with Gasteiger partial charge in [-0.15, -0.1) is 0 Å². The monoisotopic (exact) mass is 228 g/mol. The summed E-state index contributed by atoms with van der Waals surface area (Å²) in [6, 6.07) is 6.68. The van der Waals surface area contributed by atoms with Crippen molar-refractivity contribution in [3.05, 3.63) is 47.4 Å². The second-order valence-electron chi connectivity index (χ2n) is 3.83. The summed E-state index contributed by atoms with van der Waals surface area (Å²) in [5.74, 6) is -0.222. The fourth-order valence-corrected chi connectivity index (χ4v) is 1.59. The van der Waals surface area contributed by atoms with Crippen LogP contribution in [0.2, 0.25) is 0 Å². The van der Waals surface area contributed by atoms with Gasteiger partial charge >= 0.3 is 5.97 Å². The molecule has 0 aliphatic carbocycles. The maximum atomic E-state index is 10.7. The molecule has 0 fully saturated rings. The van der Waals surface area contributed by atoms with Crippen LogP contribution in [-0.4, -0.2) is 21.0 Å². The number of benzene rings is 1. The minimum absolute atomic E-state index is 0.275. The molecule has 0 aliphatic heterocycles. The molecular weight excluding hydrogens is 216 g/mol. The predicted molar refractivity (Wildman–Crippen MR) is 63.9 cm³/mol. The zero-order valence-electron chi connectivity index (χ0n) is 9.64. The molecule has 86 valence electrons. The molecule has 1 heterocycles. The van der Waals surface area contributed by atoms with Gasteiger partial charge in [0.2, 0.25) is 0 Å². The first-order valence-corrected chi connectivity index (χ1v) is 5.22. The molecule has 0 spiro atoms. The fraction of sp³-hybridized carbons (Fsp3) is 0.154. The largest absolute Gasteiger partial charge is 0.478 e. The molecule has 2 rings (SSSR count). The van der Waals surface area contributed by atoms with Crippen LogP contribution in [0.15, 0.2) is 30.5 Å². The van der Waals surface area contributed by atoms with Gasteiger partial charge in [0.25, 0.3) is 0 Å². The van der Waals surface area contributed by atoms with E-state index in [0.29, 0.717) is 5.82 Å². The molecule has 0 unspecified atom stereocenters. The number of carboxylic acids is 1. The van der Waals surface area contributed by atoms with E-state index in [1.165, 1.54) is 0 Å². The van der Waals surface area contributed by atoms with Crippen LogP contribution in [0.4, 0.5) is 0 Å². The maximum absolute atomic E-state index is 10.7. The van der Waals surface area contributed by atoms with Crippen LogP contribution in [0.3, 0.4) is 0 Å². The van der Waals surface area contributed by atoms with Gasteiger partial charge in [-0.1, -0.05) is 12.1 Å². The van der Waals surface area contributed by atoms with Gasteiger partial charge in [0, 0.05) is 11.8 Å². The topological polar surface area (TPSA) is 63.1 Å². The average molecular weight is 228 g/mol. The lowest BCUT2D eigenvalue weighted by Gasteiger charge is -2.05. The molecule has 1 N–H and O–H groups in total. The van der Waals surface area contributed by atoms with Gasteiger partial charge in [0.15, 0.2) is 0 Å². The fourth-order valence-electron chi connectivity index (χ4n) is 1.59. The summed E-state index contributed by atoms with van der Waals surface area (Å²) >= 11 is 0. The number of carbonyl (C=O) groups is 1. The molecule has 4 nitrogen and oxygen atoms in total. The average Bonchev–Trinajstić information content (AvgIpc) is 2.32. The molecule has 0 saturated heterocycles. The lowest BCUT2D eigenvalue weighted by Crippen LogP contribution is -1.97. The summed E-state index contributed by atoms with van der Waals surface area (Å²) < 4.78 is 0. The number of carboxylic acid groups (broad SMARTS) is 1. The Morgan fingerprint density at radius 2 is 1.82 bits per heavy atom. The Balaban J connectivity index is 2.46. The normalized spacial score (nSPS) is 10.2. The van der Waals surface area contributed by atoms with Crippen molar-refractivity contribution in [1.82, 2.24) is 9.97 Å². The Kier molecular flexibility index (Phi) is 2.87. The first kappa shape index (κ1) is 11.3. The van der Waals surface area contributed by atoms with E-state index in [1.54, 1.807) is 30.5 Å². The van der Waals surface area contributed by atoms with E-state index in [2.05, 4.69) is 9.97 Å². The highest BCUT2D eigenvalue weighted by Crippen LogP contribution is 2.20. The third-order valence-corrected chi connectivity index (χ3v) is 2.50. The van der Waals surface area contributed by atoms with Crippen LogP contribution in [-0.2, 0) is 0 Å². The molecule has 1 aromatic heterocycles. The smallest absolute Gasteiger partial charge is 0.335 e. The van der Waals surface area contributed by atoms with Crippen molar-refractivity contribution < 1.29 is 9.90 Å². The van der Waals surface area contributed by atoms with Gasteiger partial charge in [-0.2, -0.15) is 0 Å². The Morgan fingerprint density at radius 3 is 2.41 bits per heavy atom. The summed E-state index contributed by atoms with van der Waals surface area (Å²) in [6.45, 7) is 3.76. The van der Waals surface area contributed by atoms with Gasteiger partial charge in [0.1, 0.15) is 5.82 Å². The van der Waals surface area contributed by atoms with Crippen molar-refractivity contribution in [1.29, 1.82) is 0 Å². The van der Waals surface area contributed by atoms with Crippen molar-refractivity contribution >= 4 is 5.97 Å². The van der Waals surface area contributed by atoms with E-state index in [9.17, 15) is 4.79 Å². The standard InChI is InChI=1S/C13H12N2O2/c1-8-7-14-9(2)15-12(8)10-3-5-11(6-4-10)13(16)17/h3-7H,1-2H3,(H,16,17). The van der Waals surface area contributed by atoms with Gasteiger partial charge in [-0.05, 0) is 31.5 Å². The molecule has 0 amide bonds. The van der Waals surface area contributed by atoms with E-state index in [4.69, 9.17) is 5.11 Å². The third kappa shape index (κ3) is 2.30. The van der Waals surface area contributed by atoms with Gasteiger partial charge < -0.3 is 5.11 Å². The SMILES string of the molecule is Cc1ncc(C)c(-c2ccc(C(=O)O)cc2)n1. The lowest BCUT2D eigenvalue weighted by molar-refractivity contribution is 0.0697. The zero-order chi connectivity index (χ0) is 12.4. The number of aryl methyl sites for hydroxylation is 2. The predicted octanol–water partition coefficient (Wildman–Crippen LogP) is 2.46. The summed E-state index contributed by atoms with van der Waals surface area (Å²) in [5, 5.41) is 8.82. The van der Waals surface area contributed by atoms with Gasteiger partial charge in [-0.25, -0.2) is 14.8 Å². The lowest BCUT2D eigenvalue weighted by atomic mass is 10.1. The Bertz CT molecular complexity index is 562. The maximum Gasteiger partial charge on any atom is 0.335 e. The molecular formula is C13H12N2O2. The first-order valence-electron chi connectivity index (χ1n) is 5.22. The molecule has 2 aromatic rings. The van der Waals surface area contributed by atoms with Crippen LogP contribution in [0, 0.1) is 13.8 Å². The molecule has 0 atom stereocenters. The third-order valence-electron chi connectivity index (χ3n) is 2.50. The number of rotatable bonds is 2. The highest BCUT2D eigenvalue weighted by Gasteiger charge is 2.06. The molecule has 0 bridgehead atoms. The van der Waals surface area contributed by atoms with Crippen molar-refractivity contribution in [3.8, 4) is 11.3 Å². The Morgan fingerprint density at radius 1 is 1.18 bits per heavy atom. The van der Waals surface area contributed by atoms with E-state index in [1.807, 2.05) is 13.8 Å². The number of hydrogen-bond donors (Lipinski definition) is 1. The van der Waals surface area contributed by atoms with Gasteiger partial charge in [0.05, 0.1) is 11.3 Å². The van der Waals surface area contributed by atoms with Crippen LogP contribution in [0.25, 0.3) is 11.3 Å². The summed E-state index contributed by atoms with van der Waals surface area (Å²) in [6.07, 6.45) is 1.77.